The first kappa shape index (κ1) is 0.360. The van der Waals surface area contributed by atoms with E-state index in [9.17, 15) is 0 Å². The highest BCUT2D eigenvalue weighted by Gasteiger charge is 1.95. The summed E-state index contributed by atoms with van der Waals surface area (Å²) < 4.78 is 41.9. The van der Waals surface area contributed by atoms with Crippen LogP contribution in [0.25, 0.3) is 0 Å². The van der Waals surface area contributed by atoms with Gasteiger partial charge in [-0.1, -0.05) is 25.5 Å². The van der Waals surface area contributed by atoms with Crippen LogP contribution in [0.1, 0.15) is 33.8 Å². The molecule has 0 unspecified atom stereocenters. The van der Waals surface area contributed by atoms with Crippen LogP contribution in [-0.4, -0.2) is 0 Å². The second-order valence-electron chi connectivity index (χ2n) is 0.655. The zero-order valence-corrected chi connectivity index (χ0v) is 2.21. The van der Waals surface area contributed by atoms with Crippen molar-refractivity contribution in [2.24, 2.45) is 0 Å². The Labute approximate surface area is 35.3 Å². The van der Waals surface area contributed by atoms with Gasteiger partial charge in [0, 0.05) is 8.22 Å². The highest BCUT2D eigenvalue weighted by atomic mass is 14.0. The third-order valence-corrected chi connectivity index (χ3v) is 0.354. The lowest BCUT2D eigenvalue weighted by atomic mass is 10.0. The Morgan fingerprint density at radius 3 is 2.00 bits per heavy atom. The minimum absolute atomic E-state index is 0.340. The van der Waals surface area contributed by atoms with Crippen molar-refractivity contribution >= 4 is 0 Å². The Morgan fingerprint density at radius 2 is 2.00 bits per heavy atom. The Balaban J connectivity index is 2.85. The van der Waals surface area contributed by atoms with Crippen molar-refractivity contribution in [1.29, 1.82) is 0 Å². The lowest BCUT2D eigenvalue weighted by molar-refractivity contribution is 0.504. The van der Waals surface area contributed by atoms with E-state index in [1.165, 1.54) is 0 Å². The van der Waals surface area contributed by atoms with Crippen molar-refractivity contribution in [3.63, 3.8) is 0 Å². The van der Waals surface area contributed by atoms with Crippen molar-refractivity contribution in [2.45, 2.75) is 25.5 Å². The molecule has 1 saturated carbocycles. The molecule has 0 radical (unpaired) electrons. The first-order valence-electron chi connectivity index (χ1n) is 4.21. The van der Waals surface area contributed by atoms with E-state index in [1.807, 2.05) is 0 Å². The molecular weight excluding hydrogens is 48.0 g/mol. The fourth-order valence-corrected chi connectivity index (χ4v) is 0.0884. The maximum Gasteiger partial charge on any atom is 0.0267 e. The van der Waals surface area contributed by atoms with Gasteiger partial charge in [-0.05, 0) is 0 Å². The second kappa shape index (κ2) is 0.750. The standard InChI is InChI=1S/C4H8/c1-2-4-3-1/h1-4H2/i1D2,2D2,3D2. The second-order valence-corrected chi connectivity index (χ2v) is 0.655. The topological polar surface area (TPSA) is 0 Å². The van der Waals surface area contributed by atoms with Crippen molar-refractivity contribution in [2.75, 3.05) is 0 Å². The van der Waals surface area contributed by atoms with Crippen LogP contribution in [0, 0.1) is 0 Å². The van der Waals surface area contributed by atoms with Crippen LogP contribution in [0.3, 0.4) is 0 Å². The number of rotatable bonds is 0. The van der Waals surface area contributed by atoms with Gasteiger partial charge < -0.3 is 0 Å². The molecule has 0 nitrogen and oxygen atoms in total. The molecule has 0 N–H and O–H groups in total. The molecule has 0 atom stereocenters. The van der Waals surface area contributed by atoms with Gasteiger partial charge in [-0.2, -0.15) is 0 Å². The molecule has 1 aliphatic carbocycles. The van der Waals surface area contributed by atoms with Gasteiger partial charge in [0.25, 0.3) is 0 Å². The summed E-state index contributed by atoms with van der Waals surface area (Å²) in [5.41, 5.74) is 0. The van der Waals surface area contributed by atoms with Gasteiger partial charge in [-0.25, -0.2) is 0 Å². The normalized spacial score (nSPS) is 84.0. The minimum Gasteiger partial charge on any atom is -0.0533 e. The summed E-state index contributed by atoms with van der Waals surface area (Å²) in [6.45, 7) is 0. The quantitative estimate of drug-likeness (QED) is 0.399. The summed E-state index contributed by atoms with van der Waals surface area (Å²) in [6.07, 6.45) is -6.64. The maximum absolute atomic E-state index is 6.99. The molecule has 0 saturated heterocycles. The molecule has 0 aromatic rings. The lowest BCUT2D eigenvalue weighted by Gasteiger charge is -2.05. The van der Waals surface area contributed by atoms with Crippen LogP contribution in [0.15, 0.2) is 0 Å². The first-order valence-corrected chi connectivity index (χ1v) is 1.21. The van der Waals surface area contributed by atoms with Crippen LogP contribution in [0.2, 0.25) is 0 Å². The zero-order chi connectivity index (χ0) is 8.21. The van der Waals surface area contributed by atoms with Crippen molar-refractivity contribution in [1.82, 2.24) is 0 Å². The van der Waals surface area contributed by atoms with E-state index in [-0.39, 0.29) is 6.42 Å². The zero-order valence-electron chi connectivity index (χ0n) is 8.21. The van der Waals surface area contributed by atoms with Crippen molar-refractivity contribution in [3.8, 4) is 0 Å². The van der Waals surface area contributed by atoms with Crippen molar-refractivity contribution < 1.29 is 8.22 Å². The SMILES string of the molecule is [2H]C1([2H])CC([2H])([2H])C1([2H])[2H]. The van der Waals surface area contributed by atoms with Gasteiger partial charge in [0.05, 0.1) is 0 Å². The summed E-state index contributed by atoms with van der Waals surface area (Å²) in [7, 11) is 0. The molecule has 1 aliphatic rings. The van der Waals surface area contributed by atoms with Gasteiger partial charge in [-0.15, -0.1) is 0 Å². The predicted octanol–water partition coefficient (Wildman–Crippen LogP) is 1.56. The summed E-state index contributed by atoms with van der Waals surface area (Å²) in [4.78, 5) is 0. The maximum atomic E-state index is 6.99. The average Bonchev–Trinajstić information content (AvgIpc) is 1.61. The molecular formula is C4H8. The molecule has 1 rings (SSSR count). The lowest BCUT2D eigenvalue weighted by Crippen LogP contribution is -1.85. The molecule has 0 aromatic carbocycles. The van der Waals surface area contributed by atoms with Gasteiger partial charge >= 0.3 is 0 Å². The van der Waals surface area contributed by atoms with Gasteiger partial charge in [0.15, 0.2) is 0 Å². The molecule has 0 amide bonds. The fraction of sp³-hybridized carbons (Fsp3) is 1.00. The number of hydrogen-bond acceptors (Lipinski definition) is 0. The summed E-state index contributed by atoms with van der Waals surface area (Å²) in [6, 6.07) is 0. The molecule has 0 heteroatoms. The van der Waals surface area contributed by atoms with Crippen molar-refractivity contribution in [3.05, 3.63) is 0 Å². The summed E-state index contributed by atoms with van der Waals surface area (Å²) in [5, 5.41) is 0. The highest BCUT2D eigenvalue weighted by molar-refractivity contribution is 4.50. The monoisotopic (exact) mass is 62.1 g/mol. The van der Waals surface area contributed by atoms with E-state index < -0.39 is 19.1 Å². The first-order chi connectivity index (χ1) is 4.21. The highest BCUT2D eigenvalue weighted by Crippen LogP contribution is 2.15. The van der Waals surface area contributed by atoms with E-state index in [2.05, 4.69) is 0 Å². The molecule has 4 heavy (non-hydrogen) atoms. The molecule has 24 valence electrons. The third-order valence-electron chi connectivity index (χ3n) is 0.354. The van der Waals surface area contributed by atoms with E-state index >= 15 is 0 Å². The smallest absolute Gasteiger partial charge is 0.0267 e. The fourth-order valence-electron chi connectivity index (χ4n) is 0.0884. The van der Waals surface area contributed by atoms with Gasteiger partial charge in [0.2, 0.25) is 0 Å². The molecule has 0 bridgehead atoms. The Bertz CT molecular complexity index is 143. The Morgan fingerprint density at radius 1 is 1.25 bits per heavy atom. The molecule has 0 aliphatic heterocycles. The van der Waals surface area contributed by atoms with Gasteiger partial charge in [0.1, 0.15) is 0 Å². The Kier molecular flexibility index (Phi) is 0.0675. The number of hydrogen-bond donors (Lipinski definition) is 0. The summed E-state index contributed by atoms with van der Waals surface area (Å²) in [5.74, 6) is 0. The minimum atomic E-state index is -2.32. The third kappa shape index (κ3) is 0.125. The largest absolute Gasteiger partial charge is 0.0533 e. The van der Waals surface area contributed by atoms with E-state index in [0.29, 0.717) is 0 Å². The van der Waals surface area contributed by atoms with E-state index in [0.717, 1.165) is 0 Å². The van der Waals surface area contributed by atoms with Crippen LogP contribution in [0.5, 0.6) is 0 Å². The van der Waals surface area contributed by atoms with Crippen LogP contribution >= 0.6 is 0 Å². The summed E-state index contributed by atoms with van der Waals surface area (Å²) >= 11 is 0. The van der Waals surface area contributed by atoms with Gasteiger partial charge in [-0.3, -0.25) is 0 Å². The predicted molar refractivity (Wildman–Crippen MR) is 18.5 cm³/mol. The van der Waals surface area contributed by atoms with E-state index in [1.54, 1.807) is 0 Å². The molecule has 0 heterocycles. The average molecular weight is 62.1 g/mol. The van der Waals surface area contributed by atoms with E-state index in [4.69, 9.17) is 8.22 Å². The van der Waals surface area contributed by atoms with Crippen LogP contribution in [0.4, 0.5) is 0 Å². The molecule has 0 aromatic heterocycles. The molecule has 1 fully saturated rings. The Hall–Kier alpha value is 0. The van der Waals surface area contributed by atoms with Crippen LogP contribution in [-0.2, 0) is 0 Å². The molecule has 0 spiro atoms. The van der Waals surface area contributed by atoms with Crippen LogP contribution < -0.4 is 0 Å².